The predicted octanol–water partition coefficient (Wildman–Crippen LogP) is 3.43. The second kappa shape index (κ2) is 6.22. The number of rotatable bonds is 2. The maximum Gasteiger partial charge on any atom is 0.265 e. The molecule has 0 saturated carbocycles. The van der Waals surface area contributed by atoms with Gasteiger partial charge in [0.2, 0.25) is 0 Å². The van der Waals surface area contributed by atoms with E-state index >= 15 is 0 Å². The van der Waals surface area contributed by atoms with Crippen LogP contribution in [-0.4, -0.2) is 32.9 Å². The minimum atomic E-state index is -0.316. The van der Waals surface area contributed by atoms with Gasteiger partial charge in [-0.15, -0.1) is 0 Å². The summed E-state index contributed by atoms with van der Waals surface area (Å²) in [5.41, 5.74) is 1.10. The van der Waals surface area contributed by atoms with Crippen LogP contribution in [0.5, 0.6) is 11.5 Å². The van der Waals surface area contributed by atoms with Crippen molar-refractivity contribution in [2.75, 3.05) is 13.1 Å². The molecule has 0 amide bonds. The van der Waals surface area contributed by atoms with Crippen molar-refractivity contribution in [1.29, 1.82) is 0 Å². The third kappa shape index (κ3) is 2.46. The number of phenolic OH excluding ortho intramolecular Hbond substituents is 2. The molecule has 1 aromatic heterocycles. The fraction of sp³-hybridized carbons (Fsp3) is 0.143. The van der Waals surface area contributed by atoms with Crippen molar-refractivity contribution in [3.8, 4) is 22.6 Å². The van der Waals surface area contributed by atoms with E-state index in [-0.39, 0.29) is 39.0 Å². The van der Waals surface area contributed by atoms with Gasteiger partial charge in [-0.05, 0) is 34.5 Å². The first kappa shape index (κ1) is 17.0. The Balaban J connectivity index is 1.81. The molecule has 0 unspecified atom stereocenters. The molecule has 28 heavy (non-hydrogen) atoms. The third-order valence-corrected chi connectivity index (χ3v) is 5.65. The first-order valence-corrected chi connectivity index (χ1v) is 9.27. The lowest BCUT2D eigenvalue weighted by atomic mass is 9.96. The molecule has 7 heteroatoms. The van der Waals surface area contributed by atoms with Gasteiger partial charge < -0.3 is 15.5 Å². The first-order valence-electron chi connectivity index (χ1n) is 8.90. The highest BCUT2D eigenvalue weighted by Crippen LogP contribution is 2.41. The summed E-state index contributed by atoms with van der Waals surface area (Å²) in [5.74, 6) is -0.0915. The Bertz CT molecular complexity index is 1310. The molecule has 1 aliphatic rings. The van der Waals surface area contributed by atoms with E-state index in [1.807, 2.05) is 24.3 Å². The first-order chi connectivity index (χ1) is 13.5. The van der Waals surface area contributed by atoms with Crippen LogP contribution in [0.1, 0.15) is 6.04 Å². The van der Waals surface area contributed by atoms with Crippen LogP contribution in [-0.2, 0) is 0 Å². The maximum absolute atomic E-state index is 12.9. The highest BCUT2D eigenvalue weighted by Gasteiger charge is 2.24. The molecule has 0 radical (unpaired) electrons. The highest BCUT2D eigenvalue weighted by atomic mass is 35.5. The Labute approximate surface area is 164 Å². The monoisotopic (exact) mass is 393 g/mol. The second-order valence-corrected chi connectivity index (χ2v) is 7.34. The summed E-state index contributed by atoms with van der Waals surface area (Å²) in [6, 6.07) is 12.3. The van der Waals surface area contributed by atoms with Gasteiger partial charge in [-0.3, -0.25) is 9.36 Å². The Morgan fingerprint density at radius 1 is 1.11 bits per heavy atom. The van der Waals surface area contributed by atoms with E-state index in [9.17, 15) is 15.0 Å². The number of halogens is 1. The quantitative estimate of drug-likeness (QED) is 0.485. The Hall–Kier alpha value is -3.09. The standard InChI is InChI=1S/C21H16ClN3O3/c22-19-16(15-6-13(26)5-11-3-1-2-4-14(11)15)7-17(27)18-20(19)24-10-25(21(18)28)12-8-23-9-12/h1-7,10,12,23,26-27H,8-9H2. The largest absolute Gasteiger partial charge is 0.508 e. The number of phenols is 2. The van der Waals surface area contributed by atoms with Gasteiger partial charge in [-0.25, -0.2) is 4.98 Å². The van der Waals surface area contributed by atoms with Crippen molar-refractivity contribution in [3.63, 3.8) is 0 Å². The molecule has 0 bridgehead atoms. The van der Waals surface area contributed by atoms with Crippen LogP contribution in [0.25, 0.3) is 32.8 Å². The summed E-state index contributed by atoms with van der Waals surface area (Å²) in [6.45, 7) is 1.38. The van der Waals surface area contributed by atoms with Crippen molar-refractivity contribution in [1.82, 2.24) is 14.9 Å². The maximum atomic E-state index is 12.9. The lowest BCUT2D eigenvalue weighted by Crippen LogP contribution is -2.46. The molecule has 0 spiro atoms. The fourth-order valence-corrected chi connectivity index (χ4v) is 4.01. The molecule has 140 valence electrons. The van der Waals surface area contributed by atoms with E-state index in [4.69, 9.17) is 11.6 Å². The zero-order valence-electron chi connectivity index (χ0n) is 14.7. The molecule has 1 saturated heterocycles. The Morgan fingerprint density at radius 2 is 1.89 bits per heavy atom. The number of hydrogen-bond acceptors (Lipinski definition) is 5. The van der Waals surface area contributed by atoms with Crippen molar-refractivity contribution >= 4 is 33.3 Å². The molecule has 3 aromatic carbocycles. The van der Waals surface area contributed by atoms with Gasteiger partial charge in [-0.2, -0.15) is 0 Å². The Morgan fingerprint density at radius 3 is 2.64 bits per heavy atom. The third-order valence-electron chi connectivity index (χ3n) is 5.27. The minimum absolute atomic E-state index is 0.0252. The number of fused-ring (bicyclic) bond motifs is 2. The van der Waals surface area contributed by atoms with Crippen LogP contribution in [0.15, 0.2) is 53.6 Å². The number of nitrogens with one attached hydrogen (secondary N) is 1. The van der Waals surface area contributed by atoms with Gasteiger partial charge in [0.25, 0.3) is 5.56 Å². The average Bonchev–Trinajstić information content (AvgIpc) is 2.64. The smallest absolute Gasteiger partial charge is 0.265 e. The molecule has 0 atom stereocenters. The molecule has 5 rings (SSSR count). The van der Waals surface area contributed by atoms with Crippen LogP contribution in [0.4, 0.5) is 0 Å². The lowest BCUT2D eigenvalue weighted by molar-refractivity contribution is 0.334. The van der Waals surface area contributed by atoms with Crippen molar-refractivity contribution < 1.29 is 10.2 Å². The van der Waals surface area contributed by atoms with Crippen molar-refractivity contribution in [2.45, 2.75) is 6.04 Å². The number of aromatic nitrogens is 2. The van der Waals surface area contributed by atoms with E-state index < -0.39 is 0 Å². The van der Waals surface area contributed by atoms with Crippen LogP contribution in [0.2, 0.25) is 5.02 Å². The molecule has 3 N–H and O–H groups in total. The average molecular weight is 394 g/mol. The van der Waals surface area contributed by atoms with Crippen LogP contribution < -0.4 is 10.9 Å². The molecule has 6 nitrogen and oxygen atoms in total. The summed E-state index contributed by atoms with van der Waals surface area (Å²) < 4.78 is 1.53. The summed E-state index contributed by atoms with van der Waals surface area (Å²) >= 11 is 6.64. The molecule has 1 fully saturated rings. The van der Waals surface area contributed by atoms with E-state index in [0.29, 0.717) is 24.2 Å². The molecule has 0 aliphatic carbocycles. The second-order valence-electron chi connectivity index (χ2n) is 6.96. The summed E-state index contributed by atoms with van der Waals surface area (Å²) in [5, 5.41) is 26.0. The molecular formula is C21H16ClN3O3. The SMILES string of the molecule is O=c1c2c(O)cc(-c3cc(O)cc4ccccc34)c(Cl)c2ncn1C1CNC1. The van der Waals surface area contributed by atoms with Crippen LogP contribution in [0.3, 0.4) is 0 Å². The van der Waals surface area contributed by atoms with Crippen molar-refractivity contribution in [2.24, 2.45) is 0 Å². The Kier molecular flexibility index (Phi) is 3.79. The van der Waals surface area contributed by atoms with E-state index in [0.717, 1.165) is 10.8 Å². The lowest BCUT2D eigenvalue weighted by Gasteiger charge is -2.28. The van der Waals surface area contributed by atoms with Gasteiger partial charge in [0, 0.05) is 18.7 Å². The van der Waals surface area contributed by atoms with E-state index in [2.05, 4.69) is 10.3 Å². The van der Waals surface area contributed by atoms with Gasteiger partial charge >= 0.3 is 0 Å². The van der Waals surface area contributed by atoms with Gasteiger partial charge in [0.15, 0.2) is 0 Å². The highest BCUT2D eigenvalue weighted by molar-refractivity contribution is 6.38. The zero-order chi connectivity index (χ0) is 19.4. The van der Waals surface area contributed by atoms with Gasteiger partial charge in [0.1, 0.15) is 22.4 Å². The van der Waals surface area contributed by atoms with Crippen LogP contribution in [0, 0.1) is 0 Å². The summed E-state index contributed by atoms with van der Waals surface area (Å²) in [7, 11) is 0. The number of hydrogen-bond donors (Lipinski definition) is 3. The molecule has 2 heterocycles. The fourth-order valence-electron chi connectivity index (χ4n) is 3.71. The molecule has 4 aromatic rings. The zero-order valence-corrected chi connectivity index (χ0v) is 15.4. The topological polar surface area (TPSA) is 87.4 Å². The molecular weight excluding hydrogens is 378 g/mol. The minimum Gasteiger partial charge on any atom is -0.508 e. The van der Waals surface area contributed by atoms with Gasteiger partial charge in [0.05, 0.1) is 17.4 Å². The number of aromatic hydroxyl groups is 2. The summed E-state index contributed by atoms with van der Waals surface area (Å²) in [4.78, 5) is 17.3. The van der Waals surface area contributed by atoms with E-state index in [1.54, 1.807) is 12.1 Å². The summed E-state index contributed by atoms with van der Waals surface area (Å²) in [6.07, 6.45) is 1.48. The van der Waals surface area contributed by atoms with E-state index in [1.165, 1.54) is 17.0 Å². The normalized spacial score (nSPS) is 14.5. The predicted molar refractivity (Wildman–Crippen MR) is 109 cm³/mol. The van der Waals surface area contributed by atoms with Crippen molar-refractivity contribution in [3.05, 3.63) is 64.2 Å². The van der Waals surface area contributed by atoms with Gasteiger partial charge in [-0.1, -0.05) is 35.9 Å². The number of benzene rings is 3. The van der Waals surface area contributed by atoms with Crippen LogP contribution >= 0.6 is 11.6 Å². The molecule has 1 aliphatic heterocycles. The number of nitrogens with zero attached hydrogens (tertiary/aromatic N) is 2.